The lowest BCUT2D eigenvalue weighted by molar-refractivity contribution is 0.583. The van der Waals surface area contributed by atoms with Crippen LogP contribution in [0.5, 0.6) is 0 Å². The summed E-state index contributed by atoms with van der Waals surface area (Å²) in [5.74, 6) is 3.33. The number of hydrogen-bond acceptors (Lipinski definition) is 6. The van der Waals surface area contributed by atoms with Crippen LogP contribution in [0.2, 0.25) is 0 Å². The molecule has 1 unspecified atom stereocenters. The van der Waals surface area contributed by atoms with Gasteiger partial charge in [-0.3, -0.25) is 0 Å². The summed E-state index contributed by atoms with van der Waals surface area (Å²) >= 11 is 5.09. The molecule has 2 fully saturated rings. The topological polar surface area (TPSA) is 58.2 Å². The Kier molecular flexibility index (Phi) is 5.55. The Morgan fingerprint density at radius 1 is 1.29 bits per heavy atom. The lowest BCUT2D eigenvalue weighted by Crippen LogP contribution is -2.33. The van der Waals surface area contributed by atoms with Gasteiger partial charge in [0.1, 0.15) is 4.21 Å². The number of nitrogens with one attached hydrogen (secondary N) is 2. The van der Waals surface area contributed by atoms with E-state index >= 15 is 0 Å². The van der Waals surface area contributed by atoms with E-state index in [1.165, 1.54) is 29.9 Å². The maximum absolute atomic E-state index is 12.3. The molecule has 0 radical (unpaired) electrons. The second-order valence-corrected chi connectivity index (χ2v) is 10.8. The number of sulfonamides is 1. The number of thioether (sulfide) groups is 2. The summed E-state index contributed by atoms with van der Waals surface area (Å²) in [5.41, 5.74) is 1.06. The van der Waals surface area contributed by atoms with E-state index in [1.807, 2.05) is 28.9 Å². The van der Waals surface area contributed by atoms with Crippen molar-refractivity contribution in [1.29, 1.82) is 0 Å². The molecule has 1 aromatic heterocycles. The fraction of sp³-hybridized carbons (Fsp3) is 0.692. The molecule has 0 aromatic carbocycles. The van der Waals surface area contributed by atoms with Gasteiger partial charge in [-0.1, -0.05) is 0 Å². The standard InChI is InChI=1S/C13H20N2O2S4/c16-21(17,15-7-12-9-18-3-4-19-12)13-5-10(8-20-13)6-14-11-1-2-11/h5,8,11-12,14-15H,1-4,6-7,9H2. The van der Waals surface area contributed by atoms with Crippen molar-refractivity contribution >= 4 is 44.9 Å². The second-order valence-electron chi connectivity index (χ2n) is 5.35. The molecule has 1 aliphatic carbocycles. The summed E-state index contributed by atoms with van der Waals surface area (Å²) in [7, 11) is -3.34. The summed E-state index contributed by atoms with van der Waals surface area (Å²) in [6.45, 7) is 1.30. The highest BCUT2D eigenvalue weighted by Crippen LogP contribution is 2.25. The molecule has 1 atom stereocenters. The Labute approximate surface area is 138 Å². The molecule has 2 aliphatic rings. The fourth-order valence-electron chi connectivity index (χ4n) is 2.06. The van der Waals surface area contributed by atoms with Crippen molar-refractivity contribution < 1.29 is 8.42 Å². The van der Waals surface area contributed by atoms with Gasteiger partial charge in [-0.15, -0.1) is 11.3 Å². The first-order valence-electron chi connectivity index (χ1n) is 7.13. The summed E-state index contributed by atoms with van der Waals surface area (Å²) in [6.07, 6.45) is 2.49. The number of rotatable bonds is 7. The molecular weight excluding hydrogens is 344 g/mol. The molecule has 1 saturated carbocycles. The molecule has 0 spiro atoms. The molecule has 1 aliphatic heterocycles. The van der Waals surface area contributed by atoms with Gasteiger partial charge in [0.05, 0.1) is 0 Å². The second kappa shape index (κ2) is 7.23. The quantitative estimate of drug-likeness (QED) is 0.776. The van der Waals surface area contributed by atoms with Gasteiger partial charge in [0.2, 0.25) is 10.0 Å². The summed E-state index contributed by atoms with van der Waals surface area (Å²) in [6, 6.07) is 2.44. The molecule has 0 amide bonds. The van der Waals surface area contributed by atoms with Gasteiger partial charge in [-0.25, -0.2) is 13.1 Å². The van der Waals surface area contributed by atoms with Crippen molar-refractivity contribution in [2.75, 3.05) is 23.8 Å². The van der Waals surface area contributed by atoms with E-state index in [4.69, 9.17) is 0 Å². The third kappa shape index (κ3) is 4.87. The molecule has 118 valence electrons. The molecule has 0 bridgehead atoms. The summed E-state index contributed by atoms with van der Waals surface area (Å²) in [5, 5.41) is 5.74. The highest BCUT2D eigenvalue weighted by atomic mass is 32.2. The monoisotopic (exact) mass is 364 g/mol. The van der Waals surface area contributed by atoms with Crippen molar-refractivity contribution in [2.45, 2.75) is 34.9 Å². The van der Waals surface area contributed by atoms with E-state index in [0.717, 1.165) is 23.6 Å². The van der Waals surface area contributed by atoms with Gasteiger partial charge in [0, 0.05) is 41.6 Å². The minimum absolute atomic E-state index is 0.398. The van der Waals surface area contributed by atoms with Crippen molar-refractivity contribution in [3.8, 4) is 0 Å². The van der Waals surface area contributed by atoms with Crippen LogP contribution in [0.1, 0.15) is 18.4 Å². The van der Waals surface area contributed by atoms with Crippen LogP contribution in [0.15, 0.2) is 15.7 Å². The minimum atomic E-state index is -3.34. The maximum atomic E-state index is 12.3. The van der Waals surface area contributed by atoms with Gasteiger partial charge >= 0.3 is 0 Å². The van der Waals surface area contributed by atoms with Crippen molar-refractivity contribution in [1.82, 2.24) is 10.0 Å². The van der Waals surface area contributed by atoms with Gasteiger partial charge < -0.3 is 5.32 Å². The van der Waals surface area contributed by atoms with E-state index < -0.39 is 10.0 Å². The molecule has 1 aromatic rings. The first-order chi connectivity index (χ1) is 10.1. The lowest BCUT2D eigenvalue weighted by Gasteiger charge is -2.20. The Bertz CT molecular complexity index is 562. The van der Waals surface area contributed by atoms with Crippen LogP contribution in [0.3, 0.4) is 0 Å². The first kappa shape index (κ1) is 16.1. The van der Waals surface area contributed by atoms with E-state index in [-0.39, 0.29) is 0 Å². The van der Waals surface area contributed by atoms with Crippen molar-refractivity contribution in [3.05, 3.63) is 17.0 Å². The van der Waals surface area contributed by atoms with Crippen LogP contribution >= 0.6 is 34.9 Å². The van der Waals surface area contributed by atoms with E-state index in [0.29, 0.717) is 22.0 Å². The molecule has 1 saturated heterocycles. The number of thiophene rings is 1. The average Bonchev–Trinajstić information content (AvgIpc) is 3.20. The Balaban J connectivity index is 1.53. The molecule has 8 heteroatoms. The van der Waals surface area contributed by atoms with Gasteiger partial charge in [-0.05, 0) is 29.9 Å². The average molecular weight is 365 g/mol. The zero-order chi connectivity index (χ0) is 14.7. The third-order valence-electron chi connectivity index (χ3n) is 3.45. The molecule has 3 rings (SSSR count). The van der Waals surface area contributed by atoms with E-state index in [1.54, 1.807) is 6.07 Å². The van der Waals surface area contributed by atoms with Crippen LogP contribution < -0.4 is 10.0 Å². The van der Waals surface area contributed by atoms with Gasteiger partial charge in [-0.2, -0.15) is 23.5 Å². The van der Waals surface area contributed by atoms with E-state index in [2.05, 4.69) is 10.0 Å². The van der Waals surface area contributed by atoms with Crippen molar-refractivity contribution in [3.63, 3.8) is 0 Å². The smallest absolute Gasteiger partial charge is 0.250 e. The van der Waals surface area contributed by atoms with Gasteiger partial charge in [0.15, 0.2) is 0 Å². The molecule has 2 N–H and O–H groups in total. The Morgan fingerprint density at radius 3 is 2.86 bits per heavy atom. The van der Waals surface area contributed by atoms with Crippen LogP contribution in [0.25, 0.3) is 0 Å². The molecule has 21 heavy (non-hydrogen) atoms. The molecule has 2 heterocycles. The zero-order valence-electron chi connectivity index (χ0n) is 11.7. The first-order valence-corrected chi connectivity index (χ1v) is 11.7. The van der Waals surface area contributed by atoms with Gasteiger partial charge in [0.25, 0.3) is 0 Å². The van der Waals surface area contributed by atoms with E-state index in [9.17, 15) is 8.42 Å². The van der Waals surface area contributed by atoms with Crippen LogP contribution in [-0.2, 0) is 16.6 Å². The van der Waals surface area contributed by atoms with Crippen LogP contribution in [0.4, 0.5) is 0 Å². The third-order valence-corrected chi connectivity index (χ3v) is 9.21. The highest BCUT2D eigenvalue weighted by Gasteiger charge is 2.22. The number of hydrogen-bond donors (Lipinski definition) is 2. The van der Waals surface area contributed by atoms with Crippen molar-refractivity contribution in [2.24, 2.45) is 0 Å². The minimum Gasteiger partial charge on any atom is -0.310 e. The summed E-state index contributed by atoms with van der Waals surface area (Å²) in [4.78, 5) is 0. The molecular formula is C13H20N2O2S4. The van der Waals surface area contributed by atoms with Crippen LogP contribution in [-0.4, -0.2) is 43.5 Å². The fourth-order valence-corrected chi connectivity index (χ4v) is 7.12. The largest absolute Gasteiger partial charge is 0.310 e. The Morgan fingerprint density at radius 2 is 2.14 bits per heavy atom. The predicted molar refractivity (Wildman–Crippen MR) is 92.9 cm³/mol. The van der Waals surface area contributed by atoms with Crippen LogP contribution in [0, 0.1) is 0 Å². The lowest BCUT2D eigenvalue weighted by atomic mass is 10.3. The highest BCUT2D eigenvalue weighted by molar-refractivity contribution is 8.06. The SMILES string of the molecule is O=S(=O)(NCC1CSCCS1)c1cc(CNC2CC2)cs1. The maximum Gasteiger partial charge on any atom is 0.250 e. The predicted octanol–water partition coefficient (Wildman–Crippen LogP) is 2.13. The summed E-state index contributed by atoms with van der Waals surface area (Å²) < 4.78 is 27.8. The molecule has 4 nitrogen and oxygen atoms in total. The normalized spacial score (nSPS) is 23.3. The zero-order valence-corrected chi connectivity index (χ0v) is 15.0. The Hall–Kier alpha value is 0.270.